The van der Waals surface area contributed by atoms with Gasteiger partial charge in [-0.15, -0.1) is 0 Å². The standard InChI is InChI=1S/C14H6BrClF3NO4/c15-9-5-7(14(17,18)19)6-11(20(22)23)12(9)24-13(21)8-3-1-2-4-10(8)16/h1-6H. The van der Waals surface area contributed by atoms with Crippen LogP contribution in [0.25, 0.3) is 0 Å². The van der Waals surface area contributed by atoms with Crippen LogP contribution in [0.5, 0.6) is 5.75 Å². The van der Waals surface area contributed by atoms with Crippen LogP contribution in [0.4, 0.5) is 18.9 Å². The molecule has 0 spiro atoms. The number of halogens is 5. The van der Waals surface area contributed by atoms with Crippen molar-refractivity contribution in [2.75, 3.05) is 0 Å². The zero-order valence-corrected chi connectivity index (χ0v) is 13.8. The molecule has 0 bridgehead atoms. The Labute approximate surface area is 146 Å². The molecule has 10 heteroatoms. The Kier molecular flexibility index (Phi) is 5.14. The minimum absolute atomic E-state index is 0.0354. The van der Waals surface area contributed by atoms with Gasteiger partial charge in [-0.1, -0.05) is 23.7 Å². The lowest BCUT2D eigenvalue weighted by Gasteiger charge is -2.11. The topological polar surface area (TPSA) is 69.4 Å². The molecule has 5 nitrogen and oxygen atoms in total. The molecule has 0 radical (unpaired) electrons. The summed E-state index contributed by atoms with van der Waals surface area (Å²) in [7, 11) is 0. The minimum atomic E-state index is -4.79. The fourth-order valence-electron chi connectivity index (χ4n) is 1.75. The molecule has 0 heterocycles. The molecule has 24 heavy (non-hydrogen) atoms. The fraction of sp³-hybridized carbons (Fsp3) is 0.0714. The van der Waals surface area contributed by atoms with Gasteiger partial charge in [0.1, 0.15) is 0 Å². The molecule has 0 N–H and O–H groups in total. The molecule has 2 rings (SSSR count). The summed E-state index contributed by atoms with van der Waals surface area (Å²) in [4.78, 5) is 22.0. The van der Waals surface area contributed by atoms with Gasteiger partial charge in [0.15, 0.2) is 0 Å². The molecule has 2 aromatic rings. The average Bonchev–Trinajstić information content (AvgIpc) is 2.48. The van der Waals surface area contributed by atoms with Crippen LogP contribution >= 0.6 is 27.5 Å². The van der Waals surface area contributed by atoms with Gasteiger partial charge in [-0.2, -0.15) is 13.2 Å². The Bertz CT molecular complexity index is 826. The van der Waals surface area contributed by atoms with E-state index < -0.39 is 34.1 Å². The fourth-order valence-corrected chi connectivity index (χ4v) is 2.50. The molecule has 0 aliphatic rings. The van der Waals surface area contributed by atoms with Crippen LogP contribution in [0.1, 0.15) is 15.9 Å². The van der Waals surface area contributed by atoms with Gasteiger partial charge in [0.2, 0.25) is 5.75 Å². The third kappa shape index (κ3) is 3.85. The van der Waals surface area contributed by atoms with Crippen LogP contribution in [0.15, 0.2) is 40.9 Å². The largest absolute Gasteiger partial charge is 0.416 e. The number of ether oxygens (including phenoxy) is 1. The number of nitro groups is 1. The Balaban J connectivity index is 2.49. The van der Waals surface area contributed by atoms with Gasteiger partial charge in [-0.3, -0.25) is 10.1 Å². The summed E-state index contributed by atoms with van der Waals surface area (Å²) in [6.07, 6.45) is -4.79. The zero-order valence-electron chi connectivity index (χ0n) is 11.4. The average molecular weight is 425 g/mol. The van der Waals surface area contributed by atoms with Crippen molar-refractivity contribution < 1.29 is 27.6 Å². The lowest BCUT2D eigenvalue weighted by molar-refractivity contribution is -0.385. The van der Waals surface area contributed by atoms with E-state index in [9.17, 15) is 28.1 Å². The Morgan fingerprint density at radius 1 is 1.25 bits per heavy atom. The molecule has 0 aromatic heterocycles. The van der Waals surface area contributed by atoms with Crippen LogP contribution < -0.4 is 4.74 Å². The lowest BCUT2D eigenvalue weighted by Crippen LogP contribution is -2.12. The number of hydrogen-bond donors (Lipinski definition) is 0. The Morgan fingerprint density at radius 3 is 2.42 bits per heavy atom. The van der Waals surface area contributed by atoms with Crippen LogP contribution in [-0.4, -0.2) is 10.9 Å². The van der Waals surface area contributed by atoms with Gasteiger partial charge in [0.05, 0.1) is 25.5 Å². The van der Waals surface area contributed by atoms with Crippen LogP contribution in [0, 0.1) is 10.1 Å². The lowest BCUT2D eigenvalue weighted by atomic mass is 10.1. The first kappa shape index (κ1) is 18.2. The normalized spacial score (nSPS) is 11.2. The quantitative estimate of drug-likeness (QED) is 0.292. The number of esters is 1. The van der Waals surface area contributed by atoms with Crippen LogP contribution in [0.3, 0.4) is 0 Å². The van der Waals surface area contributed by atoms with E-state index in [-0.39, 0.29) is 15.1 Å². The maximum atomic E-state index is 12.8. The third-order valence-electron chi connectivity index (χ3n) is 2.84. The molecular formula is C14H6BrClF3NO4. The van der Waals surface area contributed by atoms with E-state index in [0.29, 0.717) is 12.1 Å². The van der Waals surface area contributed by atoms with Crippen molar-refractivity contribution in [2.45, 2.75) is 6.18 Å². The molecule has 0 unspecified atom stereocenters. The summed E-state index contributed by atoms with van der Waals surface area (Å²) in [6, 6.07) is 6.62. The third-order valence-corrected chi connectivity index (χ3v) is 3.76. The molecule has 0 atom stereocenters. The highest BCUT2D eigenvalue weighted by Crippen LogP contribution is 2.41. The summed E-state index contributed by atoms with van der Waals surface area (Å²) in [6.45, 7) is 0. The Hall–Kier alpha value is -2.13. The molecule has 0 saturated carbocycles. The highest BCUT2D eigenvalue weighted by molar-refractivity contribution is 9.10. The molecule has 0 aliphatic carbocycles. The number of nitro benzene ring substituents is 1. The molecular weight excluding hydrogens is 419 g/mol. The highest BCUT2D eigenvalue weighted by atomic mass is 79.9. The van der Waals surface area contributed by atoms with Gasteiger partial charge in [0.25, 0.3) is 0 Å². The summed E-state index contributed by atoms with van der Waals surface area (Å²) in [5.74, 6) is -1.68. The smallest absolute Gasteiger partial charge is 0.414 e. The summed E-state index contributed by atoms with van der Waals surface area (Å²) in [5.41, 5.74) is -2.34. The number of carbonyl (C=O) groups is 1. The summed E-state index contributed by atoms with van der Waals surface area (Å²) < 4.78 is 42.8. The molecule has 126 valence electrons. The van der Waals surface area contributed by atoms with Gasteiger partial charge in [0, 0.05) is 6.07 Å². The molecule has 0 fully saturated rings. The van der Waals surface area contributed by atoms with E-state index in [0.717, 1.165) is 0 Å². The first-order valence-corrected chi connectivity index (χ1v) is 7.30. The first-order chi connectivity index (χ1) is 11.1. The second-order valence-corrected chi connectivity index (χ2v) is 5.69. The maximum Gasteiger partial charge on any atom is 0.416 e. The summed E-state index contributed by atoms with van der Waals surface area (Å²) >= 11 is 8.58. The van der Waals surface area contributed by atoms with Crippen molar-refractivity contribution in [3.8, 4) is 5.75 Å². The predicted molar refractivity (Wildman–Crippen MR) is 82.2 cm³/mol. The zero-order chi connectivity index (χ0) is 18.1. The second-order valence-electron chi connectivity index (χ2n) is 4.43. The van der Waals surface area contributed by atoms with Gasteiger partial charge in [-0.05, 0) is 34.1 Å². The number of hydrogen-bond acceptors (Lipinski definition) is 4. The van der Waals surface area contributed by atoms with E-state index in [4.69, 9.17) is 16.3 Å². The molecule has 0 saturated heterocycles. The minimum Gasteiger partial charge on any atom is -0.414 e. The van der Waals surface area contributed by atoms with Crippen LogP contribution in [0.2, 0.25) is 5.02 Å². The number of benzene rings is 2. The van der Waals surface area contributed by atoms with E-state index in [1.54, 1.807) is 6.07 Å². The van der Waals surface area contributed by atoms with Crippen molar-refractivity contribution in [1.29, 1.82) is 0 Å². The van der Waals surface area contributed by atoms with E-state index in [1.807, 2.05) is 0 Å². The second kappa shape index (κ2) is 6.78. The van der Waals surface area contributed by atoms with E-state index >= 15 is 0 Å². The van der Waals surface area contributed by atoms with Crippen molar-refractivity contribution in [2.24, 2.45) is 0 Å². The number of alkyl halides is 3. The van der Waals surface area contributed by atoms with Gasteiger partial charge >= 0.3 is 17.8 Å². The number of rotatable bonds is 3. The van der Waals surface area contributed by atoms with Crippen molar-refractivity contribution in [3.05, 3.63) is 67.1 Å². The SMILES string of the molecule is O=C(Oc1c(Br)cc(C(F)(F)F)cc1[N+](=O)[O-])c1ccccc1Cl. The van der Waals surface area contributed by atoms with Gasteiger partial charge in [-0.25, -0.2) is 4.79 Å². The number of carbonyl (C=O) groups excluding carboxylic acids is 1. The van der Waals surface area contributed by atoms with Crippen molar-refractivity contribution in [1.82, 2.24) is 0 Å². The monoisotopic (exact) mass is 423 g/mol. The molecule has 0 aliphatic heterocycles. The van der Waals surface area contributed by atoms with E-state index in [2.05, 4.69) is 15.9 Å². The predicted octanol–water partition coefficient (Wildman–Crippen LogP) is 5.25. The molecule has 0 amide bonds. The van der Waals surface area contributed by atoms with E-state index in [1.165, 1.54) is 18.2 Å². The molecule has 2 aromatic carbocycles. The first-order valence-electron chi connectivity index (χ1n) is 6.13. The highest BCUT2D eigenvalue weighted by Gasteiger charge is 2.35. The van der Waals surface area contributed by atoms with Crippen molar-refractivity contribution >= 4 is 39.2 Å². The Morgan fingerprint density at radius 2 is 1.88 bits per heavy atom. The van der Waals surface area contributed by atoms with Gasteiger partial charge < -0.3 is 4.74 Å². The number of nitrogens with zero attached hydrogens (tertiary/aromatic N) is 1. The van der Waals surface area contributed by atoms with Crippen molar-refractivity contribution in [3.63, 3.8) is 0 Å². The maximum absolute atomic E-state index is 12.8. The summed E-state index contributed by atoms with van der Waals surface area (Å²) in [5, 5.41) is 11.1. The van der Waals surface area contributed by atoms with Crippen LogP contribution in [-0.2, 0) is 6.18 Å².